The summed E-state index contributed by atoms with van der Waals surface area (Å²) in [6.07, 6.45) is -1.62. The Bertz CT molecular complexity index is 1500. The van der Waals surface area contributed by atoms with E-state index in [4.69, 9.17) is 25.8 Å². The molecule has 3 saturated heterocycles. The molecule has 3 fully saturated rings. The van der Waals surface area contributed by atoms with Gasteiger partial charge in [0, 0.05) is 38.3 Å². The van der Waals surface area contributed by atoms with Crippen molar-refractivity contribution >= 4 is 22.6 Å². The first kappa shape index (κ1) is 26.9. The number of hydrogen-bond donors (Lipinski definition) is 3. The molecule has 3 aliphatic heterocycles. The molecular weight excluding hydrogens is 544 g/mol. The monoisotopic (exact) mass is 576 g/mol. The number of rotatable bonds is 7. The number of aliphatic hydroxyl groups excluding tert-OH is 2. The molecule has 0 amide bonds. The molecule has 10 heteroatoms. The highest BCUT2D eigenvalue weighted by Crippen LogP contribution is 2.35. The van der Waals surface area contributed by atoms with Gasteiger partial charge in [-0.3, -0.25) is 9.80 Å². The predicted octanol–water partition coefficient (Wildman–Crippen LogP) is 3.52. The van der Waals surface area contributed by atoms with Gasteiger partial charge in [0.1, 0.15) is 18.3 Å². The Morgan fingerprint density at radius 3 is 2.27 bits per heavy atom. The SMILES string of the molecule is OCN1CCN(Cc2ccc(-c3ccc(-c4cc5nc(O[C@@H]6CO[C@H]7[C@@H]6OC[C@H]7O)[nH]c5cc4Cl)cc3)cc2)CC1. The van der Waals surface area contributed by atoms with Gasteiger partial charge in [0.15, 0.2) is 6.10 Å². The standard InChI is InChI=1S/C31H33ClN4O5/c32-24-14-26-25(33-31(34-26)41-28-17-40-29-27(38)16-39-30(28)29)13-23(24)22-7-5-21(6-8-22)20-3-1-19(2-4-20)15-35-9-11-36(18-37)12-10-35/h1-8,13-14,27-30,37-38H,9-12,15-18H2,(H,33,34)/t27-,28-,29-,30-/m1/s1. The van der Waals surface area contributed by atoms with Crippen LogP contribution in [-0.4, -0.2) is 101 Å². The van der Waals surface area contributed by atoms with Crippen molar-refractivity contribution in [3.05, 3.63) is 71.2 Å². The second-order valence-electron chi connectivity index (χ2n) is 11.0. The predicted molar refractivity (Wildman–Crippen MR) is 156 cm³/mol. The quantitative estimate of drug-likeness (QED) is 0.307. The molecule has 3 aromatic carbocycles. The number of H-pyrrole nitrogens is 1. The topological polar surface area (TPSA) is 103 Å². The molecule has 4 heterocycles. The van der Waals surface area contributed by atoms with Crippen LogP contribution in [0.15, 0.2) is 60.7 Å². The van der Waals surface area contributed by atoms with E-state index >= 15 is 0 Å². The van der Waals surface area contributed by atoms with Crippen LogP contribution in [0.4, 0.5) is 0 Å². The zero-order valence-electron chi connectivity index (χ0n) is 22.6. The Morgan fingerprint density at radius 1 is 0.878 bits per heavy atom. The number of aromatic nitrogens is 2. The fraction of sp³-hybridized carbons (Fsp3) is 0.387. The van der Waals surface area contributed by atoms with Gasteiger partial charge >= 0.3 is 0 Å². The second kappa shape index (κ2) is 11.3. The van der Waals surface area contributed by atoms with Gasteiger partial charge in [-0.25, -0.2) is 0 Å². The average Bonchev–Trinajstić information content (AvgIpc) is 3.70. The molecule has 3 aliphatic rings. The van der Waals surface area contributed by atoms with Crippen LogP contribution in [0.25, 0.3) is 33.3 Å². The summed E-state index contributed by atoms with van der Waals surface area (Å²) in [5.41, 5.74) is 7.03. The first-order valence-electron chi connectivity index (χ1n) is 14.1. The van der Waals surface area contributed by atoms with E-state index in [1.165, 1.54) is 5.56 Å². The van der Waals surface area contributed by atoms with Gasteiger partial charge in [-0.05, 0) is 34.4 Å². The van der Waals surface area contributed by atoms with E-state index in [1.807, 2.05) is 12.1 Å². The van der Waals surface area contributed by atoms with E-state index in [0.717, 1.165) is 66.0 Å². The fourth-order valence-electron chi connectivity index (χ4n) is 5.96. The summed E-state index contributed by atoms with van der Waals surface area (Å²) >= 11 is 6.70. The third-order valence-corrected chi connectivity index (χ3v) is 8.66. The maximum Gasteiger partial charge on any atom is 0.295 e. The van der Waals surface area contributed by atoms with Crippen LogP contribution in [0.2, 0.25) is 5.02 Å². The number of halogens is 1. The Morgan fingerprint density at radius 2 is 1.54 bits per heavy atom. The van der Waals surface area contributed by atoms with Crippen molar-refractivity contribution in [2.75, 3.05) is 46.1 Å². The minimum Gasteiger partial charge on any atom is -0.456 e. The third kappa shape index (κ3) is 5.47. The molecule has 0 bridgehead atoms. The first-order valence-corrected chi connectivity index (χ1v) is 14.4. The van der Waals surface area contributed by atoms with Gasteiger partial charge < -0.3 is 29.4 Å². The van der Waals surface area contributed by atoms with E-state index < -0.39 is 6.10 Å². The molecule has 0 saturated carbocycles. The van der Waals surface area contributed by atoms with E-state index in [0.29, 0.717) is 17.6 Å². The van der Waals surface area contributed by atoms with E-state index in [-0.39, 0.29) is 31.6 Å². The van der Waals surface area contributed by atoms with Crippen molar-refractivity contribution in [1.82, 2.24) is 19.8 Å². The Kier molecular flexibility index (Phi) is 7.43. The zero-order valence-corrected chi connectivity index (χ0v) is 23.3. The Balaban J connectivity index is 1.03. The highest BCUT2D eigenvalue weighted by Gasteiger charge is 2.48. The number of benzene rings is 3. The van der Waals surface area contributed by atoms with Crippen LogP contribution in [0.3, 0.4) is 0 Å². The smallest absolute Gasteiger partial charge is 0.295 e. The molecule has 0 aliphatic carbocycles. The van der Waals surface area contributed by atoms with Crippen LogP contribution in [-0.2, 0) is 16.0 Å². The summed E-state index contributed by atoms with van der Waals surface area (Å²) < 4.78 is 17.4. The van der Waals surface area contributed by atoms with Gasteiger partial charge in [-0.15, -0.1) is 0 Å². The average molecular weight is 577 g/mol. The maximum absolute atomic E-state index is 9.98. The molecule has 4 aromatic rings. The molecule has 214 valence electrons. The highest BCUT2D eigenvalue weighted by molar-refractivity contribution is 6.34. The molecule has 0 spiro atoms. The fourth-order valence-corrected chi connectivity index (χ4v) is 6.24. The van der Waals surface area contributed by atoms with Gasteiger partial charge in [-0.1, -0.05) is 60.1 Å². The number of aliphatic hydroxyl groups is 2. The summed E-state index contributed by atoms with van der Waals surface area (Å²) in [6, 6.07) is 21.3. The molecule has 4 atom stereocenters. The minimum absolute atomic E-state index is 0.140. The molecule has 3 N–H and O–H groups in total. The maximum atomic E-state index is 9.98. The van der Waals surface area contributed by atoms with Crippen LogP contribution in [0.5, 0.6) is 6.01 Å². The highest BCUT2D eigenvalue weighted by atomic mass is 35.5. The van der Waals surface area contributed by atoms with E-state index in [1.54, 1.807) is 0 Å². The second-order valence-corrected chi connectivity index (χ2v) is 11.4. The number of piperazine rings is 1. The van der Waals surface area contributed by atoms with Crippen molar-refractivity contribution in [1.29, 1.82) is 0 Å². The van der Waals surface area contributed by atoms with Crippen LogP contribution < -0.4 is 4.74 Å². The van der Waals surface area contributed by atoms with Gasteiger partial charge in [-0.2, -0.15) is 4.98 Å². The molecular formula is C31H33ClN4O5. The Labute approximate surface area is 243 Å². The lowest BCUT2D eigenvalue weighted by atomic mass is 9.99. The summed E-state index contributed by atoms with van der Waals surface area (Å²) in [5.74, 6) is 0. The van der Waals surface area contributed by atoms with Crippen molar-refractivity contribution in [3.63, 3.8) is 0 Å². The van der Waals surface area contributed by atoms with Crippen LogP contribution in [0, 0.1) is 0 Å². The summed E-state index contributed by atoms with van der Waals surface area (Å²) in [5, 5.41) is 19.9. The normalized spacial score (nSPS) is 25.1. The summed E-state index contributed by atoms with van der Waals surface area (Å²) in [7, 11) is 0. The van der Waals surface area contributed by atoms with Gasteiger partial charge in [0.05, 0.1) is 36.0 Å². The van der Waals surface area contributed by atoms with Crippen molar-refractivity contribution < 1.29 is 24.4 Å². The van der Waals surface area contributed by atoms with E-state index in [2.05, 4.69) is 68.3 Å². The van der Waals surface area contributed by atoms with Crippen LogP contribution >= 0.6 is 11.6 Å². The lowest BCUT2D eigenvalue weighted by Crippen LogP contribution is -2.46. The molecule has 7 rings (SSSR count). The van der Waals surface area contributed by atoms with Crippen molar-refractivity contribution in [2.45, 2.75) is 31.0 Å². The number of aromatic amines is 1. The largest absolute Gasteiger partial charge is 0.456 e. The minimum atomic E-state index is -0.624. The van der Waals surface area contributed by atoms with Gasteiger partial charge in [0.2, 0.25) is 0 Å². The van der Waals surface area contributed by atoms with Crippen LogP contribution in [0.1, 0.15) is 5.56 Å². The van der Waals surface area contributed by atoms with Crippen molar-refractivity contribution in [3.8, 4) is 28.3 Å². The molecule has 41 heavy (non-hydrogen) atoms. The number of ether oxygens (including phenoxy) is 3. The number of imidazole rings is 1. The van der Waals surface area contributed by atoms with Crippen molar-refractivity contribution in [2.24, 2.45) is 0 Å². The molecule has 9 nitrogen and oxygen atoms in total. The number of nitrogens with one attached hydrogen (secondary N) is 1. The summed E-state index contributed by atoms with van der Waals surface area (Å²) in [6.45, 7) is 5.42. The first-order chi connectivity index (χ1) is 20.0. The summed E-state index contributed by atoms with van der Waals surface area (Å²) in [4.78, 5) is 12.3. The molecule has 0 unspecified atom stereocenters. The number of hydrogen-bond acceptors (Lipinski definition) is 8. The molecule has 0 radical (unpaired) electrons. The molecule has 1 aromatic heterocycles. The van der Waals surface area contributed by atoms with E-state index in [9.17, 15) is 10.2 Å². The lowest BCUT2D eigenvalue weighted by Gasteiger charge is -2.33. The third-order valence-electron chi connectivity index (χ3n) is 8.35. The number of nitrogens with zero attached hydrogens (tertiary/aromatic N) is 3. The number of fused-ring (bicyclic) bond motifs is 2. The Hall–Kier alpha value is -3.02. The van der Waals surface area contributed by atoms with Gasteiger partial charge in [0.25, 0.3) is 6.01 Å². The lowest BCUT2D eigenvalue weighted by molar-refractivity contribution is 0.00706. The zero-order chi connectivity index (χ0) is 27.9.